The number of aromatic nitrogens is 2. The van der Waals surface area contributed by atoms with Crippen LogP contribution < -0.4 is 5.32 Å². The van der Waals surface area contributed by atoms with Crippen molar-refractivity contribution in [1.82, 2.24) is 9.97 Å². The van der Waals surface area contributed by atoms with Crippen LogP contribution in [0.5, 0.6) is 0 Å². The first-order valence-electron chi connectivity index (χ1n) is 6.99. The molecule has 0 fully saturated rings. The van der Waals surface area contributed by atoms with Crippen LogP contribution in [-0.2, 0) is 12.2 Å². The Balaban J connectivity index is 2.93. The second kappa shape index (κ2) is 8.80. The Morgan fingerprint density at radius 2 is 1.95 bits per heavy atom. The van der Waals surface area contributed by atoms with E-state index in [0.29, 0.717) is 5.25 Å². The van der Waals surface area contributed by atoms with Crippen molar-refractivity contribution >= 4 is 33.5 Å². The Hall–Kier alpha value is -0.290. The first-order valence-corrected chi connectivity index (χ1v) is 8.83. The summed E-state index contributed by atoms with van der Waals surface area (Å²) in [5.74, 6) is 2.76. The Kier molecular flexibility index (Phi) is 7.76. The van der Waals surface area contributed by atoms with Gasteiger partial charge in [0.15, 0.2) is 0 Å². The highest BCUT2D eigenvalue weighted by Crippen LogP contribution is 2.26. The maximum atomic E-state index is 4.68. The second-order valence-corrected chi connectivity index (χ2v) is 7.14. The highest BCUT2D eigenvalue weighted by molar-refractivity contribution is 9.10. The lowest BCUT2D eigenvalue weighted by Gasteiger charge is -2.13. The van der Waals surface area contributed by atoms with Gasteiger partial charge in [-0.25, -0.2) is 9.97 Å². The summed E-state index contributed by atoms with van der Waals surface area (Å²) in [5.41, 5.74) is 1.12. The van der Waals surface area contributed by atoms with Gasteiger partial charge < -0.3 is 5.32 Å². The second-order valence-electron chi connectivity index (χ2n) is 4.79. The Morgan fingerprint density at radius 3 is 2.53 bits per heavy atom. The number of aryl methyl sites for hydroxylation is 1. The minimum atomic E-state index is 0.605. The summed E-state index contributed by atoms with van der Waals surface area (Å²) in [5, 5.41) is 3.99. The van der Waals surface area contributed by atoms with Gasteiger partial charge in [-0.3, -0.25) is 0 Å². The van der Waals surface area contributed by atoms with Crippen LogP contribution in [0.15, 0.2) is 4.47 Å². The molecule has 5 heteroatoms. The molecular formula is C14H24BrN3S. The molecule has 1 aromatic heterocycles. The van der Waals surface area contributed by atoms with E-state index in [1.54, 1.807) is 0 Å². The summed E-state index contributed by atoms with van der Waals surface area (Å²) < 4.78 is 1.03. The van der Waals surface area contributed by atoms with Crippen molar-refractivity contribution in [3.63, 3.8) is 0 Å². The zero-order valence-electron chi connectivity index (χ0n) is 12.3. The molecule has 0 aliphatic heterocycles. The molecular weight excluding hydrogens is 322 g/mol. The molecule has 0 saturated heterocycles. The molecule has 0 amide bonds. The molecule has 108 valence electrons. The molecule has 0 atom stereocenters. The summed E-state index contributed by atoms with van der Waals surface area (Å²) >= 11 is 5.51. The highest BCUT2D eigenvalue weighted by atomic mass is 79.9. The molecule has 0 aliphatic carbocycles. The lowest BCUT2D eigenvalue weighted by Crippen LogP contribution is -2.09. The van der Waals surface area contributed by atoms with Gasteiger partial charge in [-0.15, -0.1) is 0 Å². The van der Waals surface area contributed by atoms with E-state index >= 15 is 0 Å². The third-order valence-electron chi connectivity index (χ3n) is 2.54. The van der Waals surface area contributed by atoms with Crippen LogP contribution in [0.1, 0.15) is 52.1 Å². The summed E-state index contributed by atoms with van der Waals surface area (Å²) in [6, 6.07) is 0. The quantitative estimate of drug-likeness (QED) is 0.743. The van der Waals surface area contributed by atoms with Crippen molar-refractivity contribution in [3.8, 4) is 0 Å². The molecule has 0 spiro atoms. The molecule has 0 aromatic carbocycles. The van der Waals surface area contributed by atoms with E-state index in [-0.39, 0.29) is 0 Å². The SMILES string of the molecule is CCCNc1nc(CSC(C)C)nc(CCC)c1Br. The number of rotatable bonds is 8. The van der Waals surface area contributed by atoms with Gasteiger partial charge in [0.1, 0.15) is 11.6 Å². The molecule has 19 heavy (non-hydrogen) atoms. The smallest absolute Gasteiger partial charge is 0.144 e. The van der Waals surface area contributed by atoms with Crippen molar-refractivity contribution in [2.24, 2.45) is 0 Å². The number of hydrogen-bond donors (Lipinski definition) is 1. The molecule has 0 aliphatic rings. The monoisotopic (exact) mass is 345 g/mol. The van der Waals surface area contributed by atoms with Crippen molar-refractivity contribution in [2.45, 2.75) is 58.0 Å². The topological polar surface area (TPSA) is 37.8 Å². The number of halogens is 1. The zero-order chi connectivity index (χ0) is 14.3. The van der Waals surface area contributed by atoms with Gasteiger partial charge in [0.05, 0.1) is 15.9 Å². The lowest BCUT2D eigenvalue weighted by molar-refractivity contribution is 0.842. The summed E-state index contributed by atoms with van der Waals surface area (Å²) in [6.45, 7) is 9.68. The molecule has 0 unspecified atom stereocenters. The van der Waals surface area contributed by atoms with E-state index in [1.807, 2.05) is 11.8 Å². The standard InChI is InChI=1S/C14H24BrN3S/c1-5-7-11-13(15)14(16-8-6-2)18-12(17-11)9-19-10(3)4/h10H,5-9H2,1-4H3,(H,16,17,18). The van der Waals surface area contributed by atoms with Gasteiger partial charge in [0.2, 0.25) is 0 Å². The molecule has 1 aromatic rings. The van der Waals surface area contributed by atoms with E-state index in [4.69, 9.17) is 0 Å². The minimum Gasteiger partial charge on any atom is -0.369 e. The normalized spacial score (nSPS) is 11.1. The van der Waals surface area contributed by atoms with Gasteiger partial charge in [-0.1, -0.05) is 34.1 Å². The molecule has 1 rings (SSSR count). The average Bonchev–Trinajstić information content (AvgIpc) is 2.38. The third-order valence-corrected chi connectivity index (χ3v) is 4.47. The van der Waals surface area contributed by atoms with Crippen LogP contribution >= 0.6 is 27.7 Å². The highest BCUT2D eigenvalue weighted by Gasteiger charge is 2.12. The van der Waals surface area contributed by atoms with Crippen molar-refractivity contribution in [1.29, 1.82) is 0 Å². The molecule has 3 nitrogen and oxygen atoms in total. The van der Waals surface area contributed by atoms with Crippen LogP contribution in [0.2, 0.25) is 0 Å². The molecule has 0 saturated carbocycles. The van der Waals surface area contributed by atoms with Crippen molar-refractivity contribution < 1.29 is 0 Å². The predicted octanol–water partition coefficient (Wildman–Crippen LogP) is 4.66. The number of hydrogen-bond acceptors (Lipinski definition) is 4. The fourth-order valence-electron chi connectivity index (χ4n) is 1.61. The number of thioether (sulfide) groups is 1. The molecule has 0 radical (unpaired) electrons. The Morgan fingerprint density at radius 1 is 1.21 bits per heavy atom. The van der Waals surface area contributed by atoms with E-state index in [9.17, 15) is 0 Å². The largest absolute Gasteiger partial charge is 0.369 e. The maximum Gasteiger partial charge on any atom is 0.144 e. The van der Waals surface area contributed by atoms with Gasteiger partial charge >= 0.3 is 0 Å². The molecule has 1 N–H and O–H groups in total. The van der Waals surface area contributed by atoms with Gasteiger partial charge in [-0.05, 0) is 34.0 Å². The minimum absolute atomic E-state index is 0.605. The fourth-order valence-corrected chi connectivity index (χ4v) is 2.74. The van der Waals surface area contributed by atoms with Crippen LogP contribution in [0, 0.1) is 0 Å². The van der Waals surface area contributed by atoms with Gasteiger partial charge in [-0.2, -0.15) is 11.8 Å². The number of anilines is 1. The van der Waals surface area contributed by atoms with E-state index in [1.165, 1.54) is 0 Å². The fraction of sp³-hybridized carbons (Fsp3) is 0.714. The number of nitrogens with zero attached hydrogens (tertiary/aromatic N) is 2. The van der Waals surface area contributed by atoms with Crippen LogP contribution in [-0.4, -0.2) is 21.8 Å². The Bertz CT molecular complexity index is 397. The van der Waals surface area contributed by atoms with Crippen molar-refractivity contribution in [3.05, 3.63) is 16.0 Å². The summed E-state index contributed by atoms with van der Waals surface area (Å²) in [7, 11) is 0. The van der Waals surface area contributed by atoms with Crippen LogP contribution in [0.3, 0.4) is 0 Å². The average molecular weight is 346 g/mol. The maximum absolute atomic E-state index is 4.68. The van der Waals surface area contributed by atoms with Crippen LogP contribution in [0.25, 0.3) is 0 Å². The lowest BCUT2D eigenvalue weighted by atomic mass is 10.2. The summed E-state index contributed by atoms with van der Waals surface area (Å²) in [4.78, 5) is 9.32. The van der Waals surface area contributed by atoms with E-state index in [0.717, 1.165) is 53.4 Å². The summed E-state index contributed by atoms with van der Waals surface area (Å²) in [6.07, 6.45) is 3.18. The Labute approximate surface area is 129 Å². The van der Waals surface area contributed by atoms with E-state index in [2.05, 4.69) is 58.9 Å². The van der Waals surface area contributed by atoms with Crippen molar-refractivity contribution in [2.75, 3.05) is 11.9 Å². The first-order chi connectivity index (χ1) is 9.08. The van der Waals surface area contributed by atoms with Gasteiger partial charge in [0, 0.05) is 6.54 Å². The predicted molar refractivity (Wildman–Crippen MR) is 88.9 cm³/mol. The zero-order valence-corrected chi connectivity index (χ0v) is 14.7. The first kappa shape index (κ1) is 16.8. The van der Waals surface area contributed by atoms with Gasteiger partial charge in [0.25, 0.3) is 0 Å². The molecule has 0 bridgehead atoms. The van der Waals surface area contributed by atoms with E-state index < -0.39 is 0 Å². The third kappa shape index (κ3) is 5.69. The molecule has 1 heterocycles. The van der Waals surface area contributed by atoms with Crippen LogP contribution in [0.4, 0.5) is 5.82 Å². The number of nitrogens with one attached hydrogen (secondary N) is 1.